The molecule has 0 saturated carbocycles. The van der Waals surface area contributed by atoms with Gasteiger partial charge in [0.05, 0.1) is 12.1 Å². The number of piperidine rings is 1. The Morgan fingerprint density at radius 1 is 0.818 bits per heavy atom. The van der Waals surface area contributed by atoms with Crippen LogP contribution in [0.15, 0.2) is 103 Å². The fourth-order valence-electron chi connectivity index (χ4n) is 6.12. The predicted molar refractivity (Wildman–Crippen MR) is 177 cm³/mol. The van der Waals surface area contributed by atoms with Gasteiger partial charge in [0, 0.05) is 40.0 Å². The van der Waals surface area contributed by atoms with Gasteiger partial charge in [0.1, 0.15) is 6.04 Å². The number of hydrogen-bond acceptors (Lipinski definition) is 4. The maximum absolute atomic E-state index is 13.7. The first-order chi connectivity index (χ1) is 20.8. The van der Waals surface area contributed by atoms with Crippen molar-refractivity contribution in [3.05, 3.63) is 120 Å². The molecule has 2 N–H and O–H groups in total. The Morgan fingerprint density at radius 3 is 2.09 bits per heavy atom. The molecule has 4 aromatic rings. The van der Waals surface area contributed by atoms with Crippen molar-refractivity contribution in [3.63, 3.8) is 0 Å². The van der Waals surface area contributed by atoms with E-state index < -0.39 is 11.6 Å². The third-order valence-corrected chi connectivity index (χ3v) is 8.34. The van der Waals surface area contributed by atoms with Gasteiger partial charge in [0.25, 0.3) is 0 Å². The van der Waals surface area contributed by atoms with Gasteiger partial charge in [-0.25, -0.2) is 0 Å². The molecular weight excluding hydrogens is 572 g/mol. The van der Waals surface area contributed by atoms with Crippen LogP contribution in [0.5, 0.6) is 0 Å². The summed E-state index contributed by atoms with van der Waals surface area (Å²) in [5.41, 5.74) is 2.65. The number of halogens is 1. The molecule has 3 amide bonds. The summed E-state index contributed by atoms with van der Waals surface area (Å²) in [6.45, 7) is 3.50. The van der Waals surface area contributed by atoms with Gasteiger partial charge in [-0.2, -0.15) is 0 Å². The van der Waals surface area contributed by atoms with Crippen molar-refractivity contribution in [1.82, 2.24) is 20.4 Å². The first-order valence-electron chi connectivity index (χ1n) is 14.9. The number of nitrogens with one attached hydrogen (secondary N) is 2. The van der Waals surface area contributed by atoms with E-state index in [0.29, 0.717) is 38.9 Å². The SMILES string of the molecule is CC(=O)NC1(c2ccccc2)CCN(CC(=O)N[C@@H](Cc2ccc3ccccc3c2)C(=O)N(C)Cc2ccccc2)CC1.Cl. The Morgan fingerprint density at radius 2 is 1.43 bits per heavy atom. The first kappa shape index (κ1) is 32.7. The van der Waals surface area contributed by atoms with E-state index in [1.807, 2.05) is 78.9 Å². The van der Waals surface area contributed by atoms with Gasteiger partial charge in [-0.05, 0) is 40.3 Å². The van der Waals surface area contributed by atoms with Crippen LogP contribution in [0.3, 0.4) is 0 Å². The van der Waals surface area contributed by atoms with Crippen molar-refractivity contribution in [1.29, 1.82) is 0 Å². The summed E-state index contributed by atoms with van der Waals surface area (Å²) >= 11 is 0. The van der Waals surface area contributed by atoms with Crippen LogP contribution in [-0.4, -0.2) is 60.2 Å². The molecule has 0 spiro atoms. The molecule has 44 heavy (non-hydrogen) atoms. The van der Waals surface area contributed by atoms with Gasteiger partial charge in [-0.15, -0.1) is 12.4 Å². The molecule has 1 fully saturated rings. The fourth-order valence-corrected chi connectivity index (χ4v) is 6.12. The second kappa shape index (κ2) is 15.0. The molecule has 8 heteroatoms. The fraction of sp³-hybridized carbons (Fsp3) is 0.306. The lowest BCUT2D eigenvalue weighted by atomic mass is 9.80. The predicted octanol–water partition coefficient (Wildman–Crippen LogP) is 5.07. The summed E-state index contributed by atoms with van der Waals surface area (Å²) < 4.78 is 0. The standard InChI is InChI=1S/C36H40N4O3.ClH/c1-27(41)38-36(32-15-7-4-8-16-32)19-21-40(22-20-36)26-34(42)37-33(35(43)39(2)25-28-11-5-3-6-12-28)24-29-17-18-30-13-9-10-14-31(30)23-29;/h3-18,23,33H,19-22,24-26H2,1-2H3,(H,37,42)(H,38,41);1H/t33-;/m0./s1. The van der Waals surface area contributed by atoms with Crippen LogP contribution >= 0.6 is 12.4 Å². The van der Waals surface area contributed by atoms with E-state index in [1.54, 1.807) is 18.9 Å². The molecule has 7 nitrogen and oxygen atoms in total. The Labute approximate surface area is 266 Å². The summed E-state index contributed by atoms with van der Waals surface area (Å²) in [6, 6.07) is 33.5. The molecule has 230 valence electrons. The van der Waals surface area contributed by atoms with Crippen molar-refractivity contribution in [2.75, 3.05) is 26.7 Å². The minimum absolute atomic E-state index is 0. The zero-order valence-corrected chi connectivity index (χ0v) is 26.2. The lowest BCUT2D eigenvalue weighted by Crippen LogP contribution is -2.55. The number of fused-ring (bicyclic) bond motifs is 1. The molecule has 0 radical (unpaired) electrons. The maximum atomic E-state index is 13.7. The van der Waals surface area contributed by atoms with Crippen LogP contribution in [0.4, 0.5) is 0 Å². The maximum Gasteiger partial charge on any atom is 0.245 e. The summed E-state index contributed by atoms with van der Waals surface area (Å²) in [6.07, 6.45) is 1.79. The molecule has 1 heterocycles. The number of hydrogen-bond donors (Lipinski definition) is 2. The molecule has 1 aliphatic heterocycles. The first-order valence-corrected chi connectivity index (χ1v) is 14.9. The number of likely N-dealkylation sites (N-methyl/N-ethyl adjacent to an activating group) is 1. The molecule has 0 unspecified atom stereocenters. The van der Waals surface area contributed by atoms with E-state index in [-0.39, 0.29) is 36.7 Å². The molecule has 0 aliphatic carbocycles. The highest BCUT2D eigenvalue weighted by Gasteiger charge is 2.37. The number of rotatable bonds is 10. The average molecular weight is 613 g/mol. The topological polar surface area (TPSA) is 81.8 Å². The molecule has 1 saturated heterocycles. The quantitative estimate of drug-likeness (QED) is 0.262. The van der Waals surface area contributed by atoms with Crippen LogP contribution in [0.2, 0.25) is 0 Å². The third kappa shape index (κ3) is 8.24. The van der Waals surface area contributed by atoms with Gasteiger partial charge in [-0.1, -0.05) is 103 Å². The normalized spacial score (nSPS) is 15.0. The third-order valence-electron chi connectivity index (χ3n) is 8.34. The zero-order chi connectivity index (χ0) is 30.2. The molecule has 1 aliphatic rings. The number of nitrogens with zero attached hydrogens (tertiary/aromatic N) is 2. The monoisotopic (exact) mass is 612 g/mol. The molecule has 0 bridgehead atoms. The minimum atomic E-state index is -0.699. The summed E-state index contributed by atoms with van der Waals surface area (Å²) in [4.78, 5) is 43.1. The highest BCUT2D eigenvalue weighted by molar-refractivity contribution is 5.89. The number of carbonyl (C=O) groups excluding carboxylic acids is 3. The highest BCUT2D eigenvalue weighted by Crippen LogP contribution is 2.33. The number of likely N-dealkylation sites (tertiary alicyclic amines) is 1. The van der Waals surface area contributed by atoms with E-state index >= 15 is 0 Å². The van der Waals surface area contributed by atoms with Crippen LogP contribution < -0.4 is 10.6 Å². The van der Waals surface area contributed by atoms with Crippen LogP contribution in [0.25, 0.3) is 10.8 Å². The minimum Gasteiger partial charge on any atom is -0.347 e. The smallest absolute Gasteiger partial charge is 0.245 e. The van der Waals surface area contributed by atoms with E-state index in [1.165, 1.54) is 0 Å². The van der Waals surface area contributed by atoms with E-state index in [9.17, 15) is 14.4 Å². The Balaban J connectivity index is 0.00000442. The van der Waals surface area contributed by atoms with Gasteiger partial charge in [0.2, 0.25) is 17.7 Å². The molecule has 1 atom stereocenters. The van der Waals surface area contributed by atoms with Crippen molar-refractivity contribution in [2.45, 2.75) is 44.3 Å². The van der Waals surface area contributed by atoms with Gasteiger partial charge in [0.15, 0.2) is 0 Å². The molecular formula is C36H41ClN4O3. The van der Waals surface area contributed by atoms with Crippen molar-refractivity contribution >= 4 is 40.9 Å². The summed E-state index contributed by atoms with van der Waals surface area (Å²) in [5.74, 6) is -0.374. The van der Waals surface area contributed by atoms with Crippen LogP contribution in [0.1, 0.15) is 36.5 Å². The second-order valence-corrected chi connectivity index (χ2v) is 11.6. The number of benzene rings is 4. The largest absolute Gasteiger partial charge is 0.347 e. The van der Waals surface area contributed by atoms with Crippen molar-refractivity contribution in [2.24, 2.45) is 0 Å². The summed E-state index contributed by atoms with van der Waals surface area (Å²) in [7, 11) is 1.78. The second-order valence-electron chi connectivity index (χ2n) is 11.6. The van der Waals surface area contributed by atoms with E-state index in [2.05, 4.69) is 39.8 Å². The molecule has 0 aromatic heterocycles. The van der Waals surface area contributed by atoms with Gasteiger partial charge in [-0.3, -0.25) is 19.3 Å². The lowest BCUT2D eigenvalue weighted by molar-refractivity contribution is -0.136. The average Bonchev–Trinajstić information content (AvgIpc) is 3.02. The van der Waals surface area contributed by atoms with Crippen LogP contribution in [0, 0.1) is 0 Å². The Hall–Kier alpha value is -4.20. The van der Waals surface area contributed by atoms with Crippen molar-refractivity contribution < 1.29 is 14.4 Å². The van der Waals surface area contributed by atoms with E-state index in [4.69, 9.17) is 0 Å². The van der Waals surface area contributed by atoms with Gasteiger partial charge < -0.3 is 15.5 Å². The lowest BCUT2D eigenvalue weighted by Gasteiger charge is -2.42. The van der Waals surface area contributed by atoms with Crippen LogP contribution in [-0.2, 0) is 32.9 Å². The van der Waals surface area contributed by atoms with Gasteiger partial charge >= 0.3 is 0 Å². The highest BCUT2D eigenvalue weighted by atomic mass is 35.5. The molecule has 5 rings (SSSR count). The number of carbonyl (C=O) groups is 3. The number of amides is 3. The Kier molecular flexibility index (Phi) is 11.1. The zero-order valence-electron chi connectivity index (χ0n) is 25.4. The Bertz CT molecular complexity index is 1560. The van der Waals surface area contributed by atoms with E-state index in [0.717, 1.165) is 27.5 Å². The molecule has 4 aromatic carbocycles. The summed E-state index contributed by atoms with van der Waals surface area (Å²) in [5, 5.41) is 8.49. The van der Waals surface area contributed by atoms with Crippen molar-refractivity contribution in [3.8, 4) is 0 Å².